The van der Waals surface area contributed by atoms with Gasteiger partial charge in [-0.2, -0.15) is 10.2 Å². The molecule has 0 spiro atoms. The van der Waals surface area contributed by atoms with Crippen LogP contribution in [0.15, 0.2) is 52.0 Å². The van der Waals surface area contributed by atoms with E-state index in [4.69, 9.17) is 14.2 Å². The Balaban J connectivity index is 1.72. The lowest BCUT2D eigenvalue weighted by molar-refractivity contribution is 0.0950. The molecule has 2 N–H and O–H groups in total. The Hall–Kier alpha value is -3.33. The van der Waals surface area contributed by atoms with Gasteiger partial charge in [0, 0.05) is 21.7 Å². The lowest BCUT2D eigenvalue weighted by Gasteiger charge is -2.11. The fourth-order valence-corrected chi connectivity index (χ4v) is 2.85. The molecule has 0 atom stereocenters. The van der Waals surface area contributed by atoms with Gasteiger partial charge in [-0.15, -0.1) is 0 Å². The summed E-state index contributed by atoms with van der Waals surface area (Å²) in [5.74, 6) is 1.16. The van der Waals surface area contributed by atoms with E-state index in [1.165, 1.54) is 27.5 Å². The Kier molecular flexibility index (Phi) is 6.50. The fraction of sp³-hybridized carbons (Fsp3) is 0.150. The van der Waals surface area contributed by atoms with Gasteiger partial charge < -0.3 is 14.2 Å². The van der Waals surface area contributed by atoms with E-state index in [1.807, 2.05) is 24.3 Å². The Morgan fingerprint density at radius 1 is 1.03 bits per heavy atom. The van der Waals surface area contributed by atoms with Crippen LogP contribution in [0.3, 0.4) is 0 Å². The van der Waals surface area contributed by atoms with Crippen molar-refractivity contribution in [3.63, 3.8) is 0 Å². The number of halogens is 1. The first-order chi connectivity index (χ1) is 14.0. The first kappa shape index (κ1) is 20.4. The monoisotopic (exact) mass is 458 g/mol. The van der Waals surface area contributed by atoms with Gasteiger partial charge in [-0.3, -0.25) is 9.89 Å². The van der Waals surface area contributed by atoms with Crippen LogP contribution in [-0.2, 0) is 0 Å². The highest BCUT2D eigenvalue weighted by molar-refractivity contribution is 9.10. The number of hydrogen-bond acceptors (Lipinski definition) is 6. The molecule has 0 fully saturated rings. The highest BCUT2D eigenvalue weighted by Crippen LogP contribution is 2.33. The highest BCUT2D eigenvalue weighted by Gasteiger charge is 2.12. The minimum Gasteiger partial charge on any atom is -0.496 e. The van der Waals surface area contributed by atoms with Crippen molar-refractivity contribution in [1.29, 1.82) is 0 Å². The number of nitrogens with zero attached hydrogens (tertiary/aromatic N) is 2. The predicted molar refractivity (Wildman–Crippen MR) is 113 cm³/mol. The Morgan fingerprint density at radius 3 is 2.34 bits per heavy atom. The lowest BCUT2D eigenvalue weighted by Crippen LogP contribution is -2.18. The van der Waals surface area contributed by atoms with Gasteiger partial charge in [0.05, 0.1) is 33.2 Å². The standard InChI is InChI=1S/C20H19BrN4O4/c1-27-17-10-19(29-3)18(28-2)8-13(17)11-22-25-20(26)16-9-15(23-24-16)12-4-6-14(21)7-5-12/h4-11H,1-3H3,(H,23,24)(H,25,26)/b22-11+. The molecule has 9 heteroatoms. The van der Waals surface area contributed by atoms with Crippen molar-refractivity contribution in [3.8, 4) is 28.5 Å². The quantitative estimate of drug-likeness (QED) is 0.416. The maximum Gasteiger partial charge on any atom is 0.289 e. The van der Waals surface area contributed by atoms with Gasteiger partial charge in [0.15, 0.2) is 11.5 Å². The molecule has 150 valence electrons. The van der Waals surface area contributed by atoms with Crippen molar-refractivity contribution in [2.24, 2.45) is 5.10 Å². The van der Waals surface area contributed by atoms with Crippen molar-refractivity contribution in [1.82, 2.24) is 15.6 Å². The van der Waals surface area contributed by atoms with Crippen molar-refractivity contribution >= 4 is 28.1 Å². The molecule has 0 aliphatic heterocycles. The van der Waals surface area contributed by atoms with Crippen molar-refractivity contribution < 1.29 is 19.0 Å². The van der Waals surface area contributed by atoms with E-state index >= 15 is 0 Å². The molecule has 3 aromatic rings. The normalized spacial score (nSPS) is 10.8. The number of H-pyrrole nitrogens is 1. The number of amides is 1. The summed E-state index contributed by atoms with van der Waals surface area (Å²) in [5.41, 5.74) is 4.92. The number of aromatic amines is 1. The molecule has 1 aromatic heterocycles. The minimum atomic E-state index is -0.420. The molecule has 29 heavy (non-hydrogen) atoms. The average Bonchev–Trinajstić information content (AvgIpc) is 3.24. The summed E-state index contributed by atoms with van der Waals surface area (Å²) in [7, 11) is 4.61. The van der Waals surface area contributed by atoms with E-state index in [2.05, 4.69) is 36.7 Å². The summed E-state index contributed by atoms with van der Waals surface area (Å²) in [4.78, 5) is 12.3. The van der Waals surface area contributed by atoms with E-state index in [0.717, 1.165) is 10.0 Å². The molecule has 0 saturated heterocycles. The second kappa shape index (κ2) is 9.24. The van der Waals surface area contributed by atoms with Gasteiger partial charge in [0.25, 0.3) is 5.91 Å². The molecular weight excluding hydrogens is 440 g/mol. The fourth-order valence-electron chi connectivity index (χ4n) is 2.58. The Morgan fingerprint density at radius 2 is 1.69 bits per heavy atom. The molecule has 0 bridgehead atoms. The molecule has 0 saturated carbocycles. The zero-order valence-electron chi connectivity index (χ0n) is 16.0. The van der Waals surface area contributed by atoms with Gasteiger partial charge in [-0.05, 0) is 24.3 Å². The molecule has 8 nitrogen and oxygen atoms in total. The maximum absolute atomic E-state index is 12.3. The molecule has 1 amide bonds. The van der Waals surface area contributed by atoms with E-state index < -0.39 is 5.91 Å². The third-order valence-electron chi connectivity index (χ3n) is 4.07. The summed E-state index contributed by atoms with van der Waals surface area (Å²) < 4.78 is 16.8. The van der Waals surface area contributed by atoms with E-state index in [0.29, 0.717) is 34.2 Å². The van der Waals surface area contributed by atoms with Crippen LogP contribution in [0, 0.1) is 0 Å². The molecule has 0 radical (unpaired) electrons. The zero-order valence-corrected chi connectivity index (χ0v) is 17.6. The highest BCUT2D eigenvalue weighted by atomic mass is 79.9. The van der Waals surface area contributed by atoms with Crippen LogP contribution in [0.25, 0.3) is 11.3 Å². The molecule has 2 aromatic carbocycles. The van der Waals surface area contributed by atoms with Crippen molar-refractivity contribution in [2.75, 3.05) is 21.3 Å². The predicted octanol–water partition coefficient (Wildman–Crippen LogP) is 3.63. The van der Waals surface area contributed by atoms with Crippen LogP contribution in [0.2, 0.25) is 0 Å². The number of nitrogens with one attached hydrogen (secondary N) is 2. The topological polar surface area (TPSA) is 97.8 Å². The third kappa shape index (κ3) is 4.75. The average molecular weight is 459 g/mol. The van der Waals surface area contributed by atoms with Crippen LogP contribution in [0.4, 0.5) is 0 Å². The summed E-state index contributed by atoms with van der Waals surface area (Å²) in [6.45, 7) is 0. The molecule has 1 heterocycles. The second-order valence-corrected chi connectivity index (χ2v) is 6.74. The number of rotatable bonds is 7. The van der Waals surface area contributed by atoms with Crippen molar-refractivity contribution in [2.45, 2.75) is 0 Å². The number of aromatic nitrogens is 2. The number of ether oxygens (including phenoxy) is 3. The SMILES string of the molecule is COc1cc(OC)c(OC)cc1/C=N/NC(=O)c1cc(-c2ccc(Br)cc2)n[nH]1. The van der Waals surface area contributed by atoms with Gasteiger partial charge in [-0.25, -0.2) is 5.43 Å². The van der Waals surface area contributed by atoms with Crippen molar-refractivity contribution in [3.05, 3.63) is 58.2 Å². The van der Waals surface area contributed by atoms with Crippen LogP contribution in [0.5, 0.6) is 17.2 Å². The summed E-state index contributed by atoms with van der Waals surface area (Å²) in [6, 6.07) is 12.7. The Bertz CT molecular complexity index is 1030. The van der Waals surface area contributed by atoms with E-state index in [1.54, 1.807) is 18.2 Å². The van der Waals surface area contributed by atoms with E-state index in [9.17, 15) is 4.79 Å². The maximum atomic E-state index is 12.3. The Labute approximate surface area is 176 Å². The largest absolute Gasteiger partial charge is 0.496 e. The molecule has 0 unspecified atom stereocenters. The number of carbonyl (C=O) groups is 1. The number of benzene rings is 2. The summed E-state index contributed by atoms with van der Waals surface area (Å²) in [5, 5.41) is 10.9. The summed E-state index contributed by atoms with van der Waals surface area (Å²) in [6.07, 6.45) is 1.46. The van der Waals surface area contributed by atoms with E-state index in [-0.39, 0.29) is 0 Å². The second-order valence-electron chi connectivity index (χ2n) is 5.82. The van der Waals surface area contributed by atoms with Crippen LogP contribution >= 0.6 is 15.9 Å². The lowest BCUT2D eigenvalue weighted by atomic mass is 10.1. The number of carbonyl (C=O) groups excluding carboxylic acids is 1. The smallest absolute Gasteiger partial charge is 0.289 e. The van der Waals surface area contributed by atoms with Crippen LogP contribution < -0.4 is 19.6 Å². The molecular formula is C20H19BrN4O4. The number of hydrazone groups is 1. The zero-order chi connectivity index (χ0) is 20.8. The first-order valence-electron chi connectivity index (χ1n) is 8.50. The molecule has 0 aliphatic carbocycles. The number of methoxy groups -OCH3 is 3. The van der Waals surface area contributed by atoms with Crippen LogP contribution in [-0.4, -0.2) is 43.6 Å². The van der Waals surface area contributed by atoms with Gasteiger partial charge in [-0.1, -0.05) is 28.1 Å². The summed E-state index contributed by atoms with van der Waals surface area (Å²) >= 11 is 3.39. The first-order valence-corrected chi connectivity index (χ1v) is 9.29. The molecule has 0 aliphatic rings. The van der Waals surface area contributed by atoms with Gasteiger partial charge in [0.2, 0.25) is 0 Å². The van der Waals surface area contributed by atoms with Crippen LogP contribution in [0.1, 0.15) is 16.1 Å². The molecule has 3 rings (SSSR count). The number of hydrogen-bond donors (Lipinski definition) is 2. The third-order valence-corrected chi connectivity index (χ3v) is 4.60. The van der Waals surface area contributed by atoms with Gasteiger partial charge in [0.1, 0.15) is 11.4 Å². The minimum absolute atomic E-state index is 0.291. The van der Waals surface area contributed by atoms with Gasteiger partial charge >= 0.3 is 0 Å².